The van der Waals surface area contributed by atoms with Crippen LogP contribution in [0.1, 0.15) is 0 Å². The zero-order valence-corrected chi connectivity index (χ0v) is 12.0. The van der Waals surface area contributed by atoms with Crippen molar-refractivity contribution in [3.05, 3.63) is 22.1 Å². The summed E-state index contributed by atoms with van der Waals surface area (Å²) in [5.41, 5.74) is 0. The number of hydrogen-bond donors (Lipinski definition) is 1. The molecule has 2 rings (SSSR count). The van der Waals surface area contributed by atoms with E-state index >= 15 is 0 Å². The van der Waals surface area contributed by atoms with Crippen molar-refractivity contribution < 1.29 is 8.42 Å². The van der Waals surface area contributed by atoms with Gasteiger partial charge in [0.15, 0.2) is 10.4 Å². The fourth-order valence-electron chi connectivity index (χ4n) is 1.19. The first kappa shape index (κ1) is 13.2. The number of aromatic nitrogens is 5. The van der Waals surface area contributed by atoms with Crippen molar-refractivity contribution in [2.24, 2.45) is 7.05 Å². The number of rotatable bonds is 3. The number of aryl methyl sites for hydroxylation is 1. The molecule has 2 aromatic rings. The standard InChI is InChI=1S/C7H6BrClN6O2S/c1-15-7(6(8)12-14-15)18(16,17)13-5-3-10-2-4(9)11-5/h2-3H,1H3,(H,11,13). The molecule has 18 heavy (non-hydrogen) atoms. The van der Waals surface area contributed by atoms with Gasteiger partial charge in [0.2, 0.25) is 5.03 Å². The average molecular weight is 354 g/mol. The van der Waals surface area contributed by atoms with Gasteiger partial charge < -0.3 is 0 Å². The average Bonchev–Trinajstić information content (AvgIpc) is 2.58. The first-order chi connectivity index (χ1) is 8.40. The molecule has 0 aliphatic heterocycles. The van der Waals surface area contributed by atoms with E-state index in [2.05, 4.69) is 40.9 Å². The van der Waals surface area contributed by atoms with E-state index in [4.69, 9.17) is 11.6 Å². The van der Waals surface area contributed by atoms with Crippen molar-refractivity contribution in [3.63, 3.8) is 0 Å². The molecule has 0 bridgehead atoms. The molecule has 0 spiro atoms. The Balaban J connectivity index is 2.39. The maximum Gasteiger partial charge on any atom is 0.283 e. The van der Waals surface area contributed by atoms with Crippen LogP contribution >= 0.6 is 27.5 Å². The second kappa shape index (κ2) is 4.78. The Morgan fingerprint density at radius 3 is 2.72 bits per heavy atom. The summed E-state index contributed by atoms with van der Waals surface area (Å²) in [5, 5.41) is 7.13. The monoisotopic (exact) mass is 352 g/mol. The lowest BCUT2D eigenvalue weighted by atomic mass is 10.7. The highest BCUT2D eigenvalue weighted by Crippen LogP contribution is 2.20. The summed E-state index contributed by atoms with van der Waals surface area (Å²) in [5.74, 6) is 0.00981. The zero-order chi connectivity index (χ0) is 13.3. The lowest BCUT2D eigenvalue weighted by Gasteiger charge is -2.06. The molecule has 0 radical (unpaired) electrons. The topological polar surface area (TPSA) is 103 Å². The van der Waals surface area contributed by atoms with E-state index in [-0.39, 0.29) is 20.6 Å². The van der Waals surface area contributed by atoms with E-state index in [1.165, 1.54) is 19.4 Å². The summed E-state index contributed by atoms with van der Waals surface area (Å²) in [7, 11) is -2.41. The van der Waals surface area contributed by atoms with Crippen LogP contribution in [0.15, 0.2) is 22.0 Å². The van der Waals surface area contributed by atoms with Crippen LogP contribution in [0.2, 0.25) is 5.15 Å². The molecule has 8 nitrogen and oxygen atoms in total. The lowest BCUT2D eigenvalue weighted by Crippen LogP contribution is -2.18. The third kappa shape index (κ3) is 2.60. The summed E-state index contributed by atoms with van der Waals surface area (Å²) in [6.07, 6.45) is 2.53. The van der Waals surface area contributed by atoms with E-state index in [0.717, 1.165) is 4.68 Å². The minimum atomic E-state index is -3.87. The van der Waals surface area contributed by atoms with Crippen molar-refractivity contribution in [2.75, 3.05) is 4.72 Å². The predicted molar refractivity (Wildman–Crippen MR) is 66.6 cm³/mol. The van der Waals surface area contributed by atoms with Crippen molar-refractivity contribution in [2.45, 2.75) is 5.03 Å². The third-order valence-electron chi connectivity index (χ3n) is 1.84. The molecule has 11 heteroatoms. The van der Waals surface area contributed by atoms with E-state index in [0.29, 0.717) is 0 Å². The van der Waals surface area contributed by atoms with Gasteiger partial charge in [0.25, 0.3) is 10.0 Å². The van der Waals surface area contributed by atoms with Gasteiger partial charge in [0.05, 0.1) is 12.4 Å². The molecule has 0 saturated carbocycles. The van der Waals surface area contributed by atoms with E-state index in [1.807, 2.05) is 0 Å². The Morgan fingerprint density at radius 2 is 2.17 bits per heavy atom. The molecule has 1 N–H and O–H groups in total. The van der Waals surface area contributed by atoms with Crippen LogP contribution in [-0.4, -0.2) is 33.4 Å². The number of halogens is 2. The van der Waals surface area contributed by atoms with Gasteiger partial charge in [-0.25, -0.2) is 9.67 Å². The predicted octanol–water partition coefficient (Wildman–Crippen LogP) is 0.822. The smallest absolute Gasteiger partial charge is 0.261 e. The summed E-state index contributed by atoms with van der Waals surface area (Å²) in [6.45, 7) is 0. The lowest BCUT2D eigenvalue weighted by molar-refractivity contribution is 0.578. The summed E-state index contributed by atoms with van der Waals surface area (Å²) in [6, 6.07) is 0. The van der Waals surface area contributed by atoms with Crippen LogP contribution in [0.4, 0.5) is 5.82 Å². The summed E-state index contributed by atoms with van der Waals surface area (Å²) in [4.78, 5) is 7.50. The highest BCUT2D eigenvalue weighted by Gasteiger charge is 2.24. The maximum atomic E-state index is 12.1. The van der Waals surface area contributed by atoms with Gasteiger partial charge in [-0.1, -0.05) is 16.8 Å². The van der Waals surface area contributed by atoms with Crippen molar-refractivity contribution in [1.29, 1.82) is 0 Å². The summed E-state index contributed by atoms with van der Waals surface area (Å²) >= 11 is 8.62. The summed E-state index contributed by atoms with van der Waals surface area (Å²) < 4.78 is 27.6. The number of nitrogens with one attached hydrogen (secondary N) is 1. The highest BCUT2D eigenvalue weighted by molar-refractivity contribution is 9.10. The van der Waals surface area contributed by atoms with Gasteiger partial charge in [0, 0.05) is 7.05 Å². The van der Waals surface area contributed by atoms with Gasteiger partial charge in [0.1, 0.15) is 5.15 Å². The zero-order valence-electron chi connectivity index (χ0n) is 8.87. The molecule has 0 fully saturated rings. The highest BCUT2D eigenvalue weighted by atomic mass is 79.9. The van der Waals surface area contributed by atoms with Crippen LogP contribution in [-0.2, 0) is 17.1 Å². The van der Waals surface area contributed by atoms with Gasteiger partial charge in [-0.2, -0.15) is 8.42 Å². The third-order valence-corrected chi connectivity index (χ3v) is 4.26. The first-order valence-electron chi connectivity index (χ1n) is 4.45. The molecule has 0 unspecified atom stereocenters. The Labute approximate surface area is 116 Å². The number of nitrogens with zero attached hydrogens (tertiary/aromatic N) is 5. The SMILES string of the molecule is Cn1nnc(Br)c1S(=O)(=O)Nc1cncc(Cl)n1. The number of sulfonamides is 1. The normalized spacial score (nSPS) is 11.5. The number of anilines is 1. The minimum absolute atomic E-state index is 0.00981. The van der Waals surface area contributed by atoms with Gasteiger partial charge in [-0.15, -0.1) is 5.10 Å². The minimum Gasteiger partial charge on any atom is -0.261 e. The second-order valence-corrected chi connectivity index (χ2v) is 5.88. The largest absolute Gasteiger partial charge is 0.283 e. The molecular weight excluding hydrogens is 348 g/mol. The molecule has 2 heterocycles. The Bertz CT molecular complexity index is 667. The Morgan fingerprint density at radius 1 is 1.44 bits per heavy atom. The number of hydrogen-bond acceptors (Lipinski definition) is 6. The Hall–Kier alpha value is -1.26. The second-order valence-electron chi connectivity index (χ2n) is 3.14. The van der Waals surface area contributed by atoms with Crippen LogP contribution < -0.4 is 4.72 Å². The van der Waals surface area contributed by atoms with Gasteiger partial charge in [-0.05, 0) is 15.9 Å². The van der Waals surface area contributed by atoms with Gasteiger partial charge in [-0.3, -0.25) is 9.71 Å². The van der Waals surface area contributed by atoms with Gasteiger partial charge >= 0.3 is 0 Å². The van der Waals surface area contributed by atoms with E-state index < -0.39 is 10.0 Å². The molecule has 0 aliphatic carbocycles. The molecule has 0 aromatic carbocycles. The van der Waals surface area contributed by atoms with Crippen LogP contribution in [0.3, 0.4) is 0 Å². The molecule has 0 saturated heterocycles. The molecule has 2 aromatic heterocycles. The fraction of sp³-hybridized carbons (Fsp3) is 0.143. The molecule has 0 amide bonds. The molecule has 0 atom stereocenters. The van der Waals surface area contributed by atoms with Crippen molar-refractivity contribution in [3.8, 4) is 0 Å². The van der Waals surface area contributed by atoms with E-state index in [1.54, 1.807) is 0 Å². The van der Waals surface area contributed by atoms with Crippen molar-refractivity contribution >= 4 is 43.4 Å². The quantitative estimate of drug-likeness (QED) is 0.876. The Kier molecular flexibility index (Phi) is 3.50. The first-order valence-corrected chi connectivity index (χ1v) is 7.11. The maximum absolute atomic E-state index is 12.1. The fourth-order valence-corrected chi connectivity index (χ4v) is 3.42. The molecular formula is C7H6BrClN6O2S. The van der Waals surface area contributed by atoms with Crippen LogP contribution in [0.5, 0.6) is 0 Å². The van der Waals surface area contributed by atoms with Crippen LogP contribution in [0.25, 0.3) is 0 Å². The van der Waals surface area contributed by atoms with Crippen LogP contribution in [0, 0.1) is 0 Å². The molecule has 0 aliphatic rings. The molecule has 96 valence electrons. The van der Waals surface area contributed by atoms with Crippen molar-refractivity contribution in [1.82, 2.24) is 25.0 Å². The van der Waals surface area contributed by atoms with E-state index in [9.17, 15) is 8.42 Å².